The van der Waals surface area contributed by atoms with Crippen molar-refractivity contribution in [2.75, 3.05) is 5.73 Å². The maximum Gasteiger partial charge on any atom is 0.256 e. The third-order valence-corrected chi connectivity index (χ3v) is 3.69. The Morgan fingerprint density at radius 2 is 2.20 bits per heavy atom. The summed E-state index contributed by atoms with van der Waals surface area (Å²) in [6.45, 7) is 0.469. The molecule has 0 spiro atoms. The molecule has 1 heterocycles. The monoisotopic (exact) mass is 290 g/mol. The zero-order valence-electron chi connectivity index (χ0n) is 10.9. The van der Waals surface area contributed by atoms with E-state index in [0.717, 1.165) is 18.6 Å². The molecular weight excluding hydrogens is 276 g/mol. The van der Waals surface area contributed by atoms with Gasteiger partial charge in [0.15, 0.2) is 0 Å². The van der Waals surface area contributed by atoms with Crippen molar-refractivity contribution in [1.82, 2.24) is 4.90 Å². The van der Waals surface area contributed by atoms with Gasteiger partial charge in [-0.15, -0.1) is 0 Å². The van der Waals surface area contributed by atoms with Gasteiger partial charge in [-0.3, -0.25) is 4.79 Å². The average Bonchev–Trinajstić information content (AvgIpc) is 3.12. The van der Waals surface area contributed by atoms with E-state index in [-0.39, 0.29) is 11.9 Å². The molecule has 1 amide bonds. The Morgan fingerprint density at radius 3 is 2.80 bits per heavy atom. The van der Waals surface area contributed by atoms with E-state index in [4.69, 9.17) is 21.8 Å². The maximum absolute atomic E-state index is 12.6. The van der Waals surface area contributed by atoms with Crippen LogP contribution < -0.4 is 5.73 Å². The summed E-state index contributed by atoms with van der Waals surface area (Å²) in [6, 6.07) is 8.94. The van der Waals surface area contributed by atoms with E-state index in [9.17, 15) is 4.79 Å². The fourth-order valence-electron chi connectivity index (χ4n) is 2.18. The molecule has 1 aliphatic rings. The summed E-state index contributed by atoms with van der Waals surface area (Å²) < 4.78 is 5.33. The highest BCUT2D eigenvalue weighted by atomic mass is 35.5. The Bertz CT molecular complexity index is 621. The zero-order valence-corrected chi connectivity index (χ0v) is 11.6. The number of benzene rings is 1. The minimum absolute atomic E-state index is 0.0751. The van der Waals surface area contributed by atoms with Crippen LogP contribution in [0.15, 0.2) is 41.0 Å². The van der Waals surface area contributed by atoms with Gasteiger partial charge in [0, 0.05) is 11.7 Å². The molecule has 0 saturated heterocycles. The van der Waals surface area contributed by atoms with Crippen molar-refractivity contribution in [1.29, 1.82) is 0 Å². The topological polar surface area (TPSA) is 59.5 Å². The van der Waals surface area contributed by atoms with Crippen LogP contribution in [0.2, 0.25) is 5.02 Å². The van der Waals surface area contributed by atoms with Crippen LogP contribution in [0, 0.1) is 0 Å². The molecule has 1 saturated carbocycles. The Kier molecular flexibility index (Phi) is 3.40. The number of nitrogens with two attached hydrogens (primary N) is 1. The van der Waals surface area contributed by atoms with Gasteiger partial charge < -0.3 is 15.1 Å². The molecule has 104 valence electrons. The first-order chi connectivity index (χ1) is 9.65. The molecule has 0 aliphatic heterocycles. The molecule has 3 rings (SSSR count). The van der Waals surface area contributed by atoms with E-state index < -0.39 is 0 Å². The Labute approximate surface area is 122 Å². The highest BCUT2D eigenvalue weighted by Crippen LogP contribution is 2.31. The van der Waals surface area contributed by atoms with Gasteiger partial charge in [0.1, 0.15) is 5.76 Å². The summed E-state index contributed by atoms with van der Waals surface area (Å²) in [6.07, 6.45) is 3.67. The number of nitrogen functional groups attached to an aromatic ring is 1. The highest BCUT2D eigenvalue weighted by Gasteiger charge is 2.34. The molecule has 1 aromatic heterocycles. The Morgan fingerprint density at radius 1 is 1.40 bits per heavy atom. The first kappa shape index (κ1) is 13.1. The first-order valence-electron chi connectivity index (χ1n) is 6.53. The van der Waals surface area contributed by atoms with Gasteiger partial charge >= 0.3 is 0 Å². The minimum Gasteiger partial charge on any atom is -0.467 e. The number of anilines is 1. The number of halogens is 1. The van der Waals surface area contributed by atoms with Crippen LogP contribution in [0.5, 0.6) is 0 Å². The van der Waals surface area contributed by atoms with Gasteiger partial charge in [-0.1, -0.05) is 11.6 Å². The first-order valence-corrected chi connectivity index (χ1v) is 6.91. The van der Waals surface area contributed by atoms with Crippen LogP contribution in [0.1, 0.15) is 29.0 Å². The van der Waals surface area contributed by atoms with Crippen molar-refractivity contribution in [3.63, 3.8) is 0 Å². The van der Waals surface area contributed by atoms with Crippen molar-refractivity contribution >= 4 is 23.2 Å². The number of amides is 1. The lowest BCUT2D eigenvalue weighted by atomic mass is 10.1. The lowest BCUT2D eigenvalue weighted by Crippen LogP contribution is -2.32. The second-order valence-electron chi connectivity index (χ2n) is 4.98. The lowest BCUT2D eigenvalue weighted by molar-refractivity contribution is 0.0718. The van der Waals surface area contributed by atoms with Crippen molar-refractivity contribution in [3.8, 4) is 0 Å². The predicted molar refractivity (Wildman–Crippen MR) is 77.5 cm³/mol. The SMILES string of the molecule is Nc1ccc(C(=O)N(Cc2ccco2)C2CC2)c(Cl)c1. The third kappa shape index (κ3) is 2.65. The van der Waals surface area contributed by atoms with Crippen molar-refractivity contribution < 1.29 is 9.21 Å². The van der Waals surface area contributed by atoms with E-state index in [0.29, 0.717) is 22.8 Å². The summed E-state index contributed by atoms with van der Waals surface area (Å²) in [5.41, 5.74) is 6.70. The number of carbonyl (C=O) groups excluding carboxylic acids is 1. The molecule has 20 heavy (non-hydrogen) atoms. The molecule has 5 heteroatoms. The van der Waals surface area contributed by atoms with Crippen LogP contribution in [-0.2, 0) is 6.54 Å². The largest absolute Gasteiger partial charge is 0.467 e. The van der Waals surface area contributed by atoms with Gasteiger partial charge in [-0.05, 0) is 43.2 Å². The molecule has 1 aromatic carbocycles. The number of rotatable bonds is 4. The van der Waals surface area contributed by atoms with Crippen LogP contribution in [-0.4, -0.2) is 16.8 Å². The van der Waals surface area contributed by atoms with E-state index in [2.05, 4.69) is 0 Å². The predicted octanol–water partition coefficient (Wildman–Crippen LogP) is 3.32. The lowest BCUT2D eigenvalue weighted by Gasteiger charge is -2.22. The average molecular weight is 291 g/mol. The molecule has 2 aromatic rings. The minimum atomic E-state index is -0.0751. The molecule has 0 atom stereocenters. The normalized spacial score (nSPS) is 14.2. The summed E-state index contributed by atoms with van der Waals surface area (Å²) in [4.78, 5) is 14.5. The van der Waals surface area contributed by atoms with Gasteiger partial charge in [-0.25, -0.2) is 0 Å². The number of hydrogen-bond acceptors (Lipinski definition) is 3. The summed E-state index contributed by atoms with van der Waals surface area (Å²) in [5.74, 6) is 0.700. The quantitative estimate of drug-likeness (QED) is 0.879. The number of hydrogen-bond donors (Lipinski definition) is 1. The molecule has 2 N–H and O–H groups in total. The summed E-state index contributed by atoms with van der Waals surface area (Å²) in [5, 5.41) is 0.389. The van der Waals surface area contributed by atoms with Gasteiger partial charge in [0.25, 0.3) is 5.91 Å². The Hall–Kier alpha value is -1.94. The zero-order chi connectivity index (χ0) is 14.1. The van der Waals surface area contributed by atoms with E-state index in [1.807, 2.05) is 17.0 Å². The van der Waals surface area contributed by atoms with Gasteiger partial charge in [-0.2, -0.15) is 0 Å². The van der Waals surface area contributed by atoms with Gasteiger partial charge in [0.2, 0.25) is 0 Å². The molecule has 4 nitrogen and oxygen atoms in total. The molecular formula is C15H15ClN2O2. The summed E-state index contributed by atoms with van der Waals surface area (Å²) in [7, 11) is 0. The van der Waals surface area contributed by atoms with E-state index in [1.165, 1.54) is 0 Å². The van der Waals surface area contributed by atoms with Crippen LogP contribution in [0.3, 0.4) is 0 Å². The summed E-state index contributed by atoms with van der Waals surface area (Å²) >= 11 is 6.12. The second-order valence-corrected chi connectivity index (χ2v) is 5.39. The van der Waals surface area contributed by atoms with Crippen LogP contribution in [0.4, 0.5) is 5.69 Å². The molecule has 0 unspecified atom stereocenters. The standard InChI is InChI=1S/C15H15ClN2O2/c16-14-8-10(17)3-6-13(14)15(19)18(11-4-5-11)9-12-2-1-7-20-12/h1-3,6-8,11H,4-5,9,17H2. The number of carbonyl (C=O) groups is 1. The maximum atomic E-state index is 12.6. The van der Waals surface area contributed by atoms with Gasteiger partial charge in [0.05, 0.1) is 23.4 Å². The molecule has 0 radical (unpaired) electrons. The highest BCUT2D eigenvalue weighted by molar-refractivity contribution is 6.34. The van der Waals surface area contributed by atoms with E-state index in [1.54, 1.807) is 24.5 Å². The van der Waals surface area contributed by atoms with Crippen molar-refractivity contribution in [2.24, 2.45) is 0 Å². The van der Waals surface area contributed by atoms with Crippen LogP contribution in [0.25, 0.3) is 0 Å². The fraction of sp³-hybridized carbons (Fsp3) is 0.267. The third-order valence-electron chi connectivity index (χ3n) is 3.38. The second kappa shape index (κ2) is 5.21. The fourth-order valence-corrected chi connectivity index (χ4v) is 2.45. The van der Waals surface area contributed by atoms with Crippen LogP contribution >= 0.6 is 11.6 Å². The van der Waals surface area contributed by atoms with Crippen molar-refractivity contribution in [2.45, 2.75) is 25.4 Å². The molecule has 1 aliphatic carbocycles. The number of furan rings is 1. The van der Waals surface area contributed by atoms with Crippen molar-refractivity contribution in [3.05, 3.63) is 52.9 Å². The smallest absolute Gasteiger partial charge is 0.256 e. The number of nitrogens with zero attached hydrogens (tertiary/aromatic N) is 1. The van der Waals surface area contributed by atoms with E-state index >= 15 is 0 Å². The Balaban J connectivity index is 1.85. The molecule has 0 bridgehead atoms. The molecule has 1 fully saturated rings.